The quantitative estimate of drug-likeness (QED) is 0.679. The smallest absolute Gasteiger partial charge is 0.314 e. The van der Waals surface area contributed by atoms with E-state index in [9.17, 15) is 9.59 Å². The van der Waals surface area contributed by atoms with Gasteiger partial charge in [0, 0.05) is 6.54 Å². The Balaban J connectivity index is 4.66. The molecule has 0 saturated carbocycles. The van der Waals surface area contributed by atoms with E-state index in [2.05, 4.69) is 0 Å². The largest absolute Gasteiger partial charge is 0.481 e. The van der Waals surface area contributed by atoms with Gasteiger partial charge in [-0.2, -0.15) is 0 Å². The van der Waals surface area contributed by atoms with Crippen molar-refractivity contribution in [2.75, 3.05) is 6.54 Å². The van der Waals surface area contributed by atoms with E-state index in [1.807, 2.05) is 0 Å². The summed E-state index contributed by atoms with van der Waals surface area (Å²) in [5, 5.41) is 8.66. The van der Waals surface area contributed by atoms with E-state index in [0.29, 0.717) is 0 Å². The highest BCUT2D eigenvalue weighted by Gasteiger charge is 2.38. The van der Waals surface area contributed by atoms with Crippen LogP contribution in [0, 0.1) is 5.41 Å². The Bertz CT molecular complexity index is 257. The number of esters is 1. The van der Waals surface area contributed by atoms with E-state index in [4.69, 9.17) is 15.6 Å². The minimum atomic E-state index is -1.15. The molecule has 15 heavy (non-hydrogen) atoms. The number of hydrogen-bond donors (Lipinski definition) is 2. The van der Waals surface area contributed by atoms with Crippen LogP contribution in [0.2, 0.25) is 0 Å². The summed E-state index contributed by atoms with van der Waals surface area (Å²) in [7, 11) is 0. The standard InChI is InChI=1S/C10H19NO4/c1-9(2,3)15-8(14)10(4,6-11)5-7(12)13/h5-6,11H2,1-4H3,(H,12,13). The van der Waals surface area contributed by atoms with Gasteiger partial charge in [-0.05, 0) is 27.7 Å². The molecular formula is C10H19NO4. The summed E-state index contributed by atoms with van der Waals surface area (Å²) in [6, 6.07) is 0. The molecule has 0 spiro atoms. The maximum atomic E-state index is 11.7. The number of carboxylic acids is 1. The number of carboxylic acid groups (broad SMARTS) is 1. The Hall–Kier alpha value is -1.10. The van der Waals surface area contributed by atoms with Crippen LogP contribution in [0.15, 0.2) is 0 Å². The molecule has 0 aliphatic carbocycles. The van der Waals surface area contributed by atoms with Crippen molar-refractivity contribution in [3.63, 3.8) is 0 Å². The highest BCUT2D eigenvalue weighted by atomic mass is 16.6. The third kappa shape index (κ3) is 4.78. The Labute approximate surface area is 89.6 Å². The average Bonchev–Trinajstić information content (AvgIpc) is 1.99. The summed E-state index contributed by atoms with van der Waals surface area (Å²) in [6.45, 7) is 6.62. The fraction of sp³-hybridized carbons (Fsp3) is 0.800. The lowest BCUT2D eigenvalue weighted by molar-refractivity contribution is -0.169. The fourth-order valence-electron chi connectivity index (χ4n) is 0.963. The van der Waals surface area contributed by atoms with Gasteiger partial charge in [-0.15, -0.1) is 0 Å². The lowest BCUT2D eigenvalue weighted by Crippen LogP contribution is -2.42. The van der Waals surface area contributed by atoms with Crippen LogP contribution in [0.5, 0.6) is 0 Å². The molecule has 88 valence electrons. The van der Waals surface area contributed by atoms with Crippen molar-refractivity contribution < 1.29 is 19.4 Å². The lowest BCUT2D eigenvalue weighted by atomic mass is 9.87. The van der Waals surface area contributed by atoms with Gasteiger partial charge in [0.25, 0.3) is 0 Å². The van der Waals surface area contributed by atoms with Crippen LogP contribution in [-0.4, -0.2) is 29.2 Å². The van der Waals surface area contributed by atoms with Crippen LogP contribution in [0.1, 0.15) is 34.1 Å². The van der Waals surface area contributed by atoms with Crippen LogP contribution >= 0.6 is 0 Å². The zero-order valence-corrected chi connectivity index (χ0v) is 9.66. The van der Waals surface area contributed by atoms with Crippen LogP contribution in [-0.2, 0) is 14.3 Å². The molecule has 0 heterocycles. The van der Waals surface area contributed by atoms with Gasteiger partial charge in [0.1, 0.15) is 5.60 Å². The number of nitrogens with two attached hydrogens (primary N) is 1. The van der Waals surface area contributed by atoms with Crippen molar-refractivity contribution in [1.82, 2.24) is 0 Å². The van der Waals surface area contributed by atoms with Crippen LogP contribution in [0.3, 0.4) is 0 Å². The van der Waals surface area contributed by atoms with Crippen LogP contribution < -0.4 is 5.73 Å². The molecule has 5 nitrogen and oxygen atoms in total. The van der Waals surface area contributed by atoms with Gasteiger partial charge < -0.3 is 15.6 Å². The van der Waals surface area contributed by atoms with Crippen molar-refractivity contribution in [2.24, 2.45) is 11.1 Å². The minimum Gasteiger partial charge on any atom is -0.481 e. The van der Waals surface area contributed by atoms with Gasteiger partial charge in [-0.3, -0.25) is 9.59 Å². The van der Waals surface area contributed by atoms with Crippen molar-refractivity contribution in [3.05, 3.63) is 0 Å². The summed E-state index contributed by atoms with van der Waals surface area (Å²) in [6.07, 6.45) is -0.321. The molecule has 3 N–H and O–H groups in total. The summed E-state index contributed by atoms with van der Waals surface area (Å²) in [5.74, 6) is -1.63. The summed E-state index contributed by atoms with van der Waals surface area (Å²) in [5.41, 5.74) is 3.62. The number of ether oxygens (including phenoxy) is 1. The Kier molecular flexibility index (Phi) is 4.27. The maximum absolute atomic E-state index is 11.7. The van der Waals surface area contributed by atoms with Gasteiger partial charge in [0.05, 0.1) is 11.8 Å². The normalized spacial score (nSPS) is 15.5. The van der Waals surface area contributed by atoms with E-state index >= 15 is 0 Å². The molecule has 0 radical (unpaired) electrons. The zero-order valence-electron chi connectivity index (χ0n) is 9.66. The number of hydrogen-bond acceptors (Lipinski definition) is 4. The van der Waals surface area contributed by atoms with Crippen LogP contribution in [0.4, 0.5) is 0 Å². The number of aliphatic carboxylic acids is 1. The highest BCUT2D eigenvalue weighted by molar-refractivity contribution is 5.82. The number of rotatable bonds is 4. The molecule has 1 atom stereocenters. The molecule has 0 aromatic rings. The topological polar surface area (TPSA) is 89.6 Å². The van der Waals surface area contributed by atoms with E-state index in [-0.39, 0.29) is 13.0 Å². The number of carbonyl (C=O) groups is 2. The minimum absolute atomic E-state index is 0.0474. The highest BCUT2D eigenvalue weighted by Crippen LogP contribution is 2.24. The van der Waals surface area contributed by atoms with Gasteiger partial charge >= 0.3 is 11.9 Å². The first-order chi connectivity index (χ1) is 6.60. The van der Waals surface area contributed by atoms with Gasteiger partial charge in [-0.25, -0.2) is 0 Å². The van der Waals surface area contributed by atoms with Crippen molar-refractivity contribution >= 4 is 11.9 Å². The van der Waals surface area contributed by atoms with Crippen molar-refractivity contribution in [3.8, 4) is 0 Å². The van der Waals surface area contributed by atoms with Gasteiger partial charge in [0.2, 0.25) is 0 Å². The van der Waals surface area contributed by atoms with E-state index in [1.54, 1.807) is 20.8 Å². The van der Waals surface area contributed by atoms with E-state index < -0.39 is 23.0 Å². The first-order valence-corrected chi connectivity index (χ1v) is 4.76. The molecule has 0 aromatic heterocycles. The summed E-state index contributed by atoms with van der Waals surface area (Å²) in [4.78, 5) is 22.3. The molecular weight excluding hydrogens is 198 g/mol. The molecule has 5 heteroatoms. The van der Waals surface area contributed by atoms with Crippen molar-refractivity contribution in [2.45, 2.75) is 39.7 Å². The Morgan fingerprint density at radius 1 is 1.27 bits per heavy atom. The molecule has 0 rings (SSSR count). The second kappa shape index (κ2) is 4.61. The second-order valence-electron chi connectivity index (χ2n) is 4.84. The SMILES string of the molecule is CC(C)(C)OC(=O)C(C)(CN)CC(=O)O. The van der Waals surface area contributed by atoms with Gasteiger partial charge in [-0.1, -0.05) is 0 Å². The Morgan fingerprint density at radius 3 is 2.00 bits per heavy atom. The van der Waals surface area contributed by atoms with Gasteiger partial charge in [0.15, 0.2) is 0 Å². The summed E-state index contributed by atoms with van der Waals surface area (Å²) >= 11 is 0. The fourth-order valence-corrected chi connectivity index (χ4v) is 0.963. The molecule has 0 aromatic carbocycles. The molecule has 1 unspecified atom stereocenters. The summed E-state index contributed by atoms with van der Waals surface area (Å²) < 4.78 is 5.11. The average molecular weight is 217 g/mol. The third-order valence-corrected chi connectivity index (χ3v) is 1.88. The first-order valence-electron chi connectivity index (χ1n) is 4.76. The molecule has 0 aliphatic heterocycles. The Morgan fingerprint density at radius 2 is 1.73 bits per heavy atom. The van der Waals surface area contributed by atoms with E-state index in [1.165, 1.54) is 6.92 Å². The van der Waals surface area contributed by atoms with Crippen molar-refractivity contribution in [1.29, 1.82) is 0 Å². The van der Waals surface area contributed by atoms with E-state index in [0.717, 1.165) is 0 Å². The molecule has 0 bridgehead atoms. The third-order valence-electron chi connectivity index (χ3n) is 1.88. The number of carbonyl (C=O) groups excluding carboxylic acids is 1. The monoisotopic (exact) mass is 217 g/mol. The molecule has 0 saturated heterocycles. The predicted molar refractivity (Wildman–Crippen MR) is 55.3 cm³/mol. The second-order valence-corrected chi connectivity index (χ2v) is 4.84. The molecule has 0 amide bonds. The zero-order chi connectivity index (χ0) is 12.3. The maximum Gasteiger partial charge on any atom is 0.314 e. The lowest BCUT2D eigenvalue weighted by Gasteiger charge is -2.29. The first kappa shape index (κ1) is 13.9. The molecule has 0 aliphatic rings. The molecule has 0 fully saturated rings. The van der Waals surface area contributed by atoms with Crippen LogP contribution in [0.25, 0.3) is 0 Å². The predicted octanol–water partition coefficient (Wildman–Crippen LogP) is 0.768.